The van der Waals surface area contributed by atoms with Crippen molar-refractivity contribution in [3.05, 3.63) is 95.4 Å². The van der Waals surface area contributed by atoms with Crippen molar-refractivity contribution in [1.82, 2.24) is 10.6 Å². The van der Waals surface area contributed by atoms with Gasteiger partial charge in [-0.1, -0.05) is 72.9 Å². The molecule has 1 aromatic carbocycles. The fraction of sp³-hybridized carbons (Fsp3) is 0.304. The van der Waals surface area contributed by atoms with E-state index >= 15 is 0 Å². The summed E-state index contributed by atoms with van der Waals surface area (Å²) in [5.74, 6) is 0. The van der Waals surface area contributed by atoms with E-state index in [2.05, 4.69) is 80.1 Å². The Morgan fingerprint density at radius 2 is 1.56 bits per heavy atom. The molecule has 1 aromatic rings. The van der Waals surface area contributed by atoms with Gasteiger partial charge in [0.15, 0.2) is 0 Å². The van der Waals surface area contributed by atoms with Gasteiger partial charge in [0, 0.05) is 24.5 Å². The van der Waals surface area contributed by atoms with Crippen LogP contribution in [-0.2, 0) is 6.42 Å². The molecule has 0 saturated heterocycles. The van der Waals surface area contributed by atoms with Crippen LogP contribution in [0.25, 0.3) is 0 Å². The zero-order valence-electron chi connectivity index (χ0n) is 15.6. The Morgan fingerprint density at radius 1 is 0.920 bits per heavy atom. The molecule has 0 aliphatic heterocycles. The van der Waals surface area contributed by atoms with Crippen molar-refractivity contribution in [3.63, 3.8) is 0 Å². The van der Waals surface area contributed by atoms with Gasteiger partial charge in [-0.15, -0.1) is 0 Å². The van der Waals surface area contributed by atoms with Gasteiger partial charge in [-0.3, -0.25) is 0 Å². The van der Waals surface area contributed by atoms with E-state index in [1.807, 2.05) is 6.07 Å². The van der Waals surface area contributed by atoms with Crippen LogP contribution in [0.2, 0.25) is 0 Å². The Labute approximate surface area is 152 Å². The van der Waals surface area contributed by atoms with Crippen molar-refractivity contribution < 1.29 is 0 Å². The van der Waals surface area contributed by atoms with Crippen LogP contribution in [-0.4, -0.2) is 13.1 Å². The average Bonchev–Trinajstić information content (AvgIpc) is 2.78. The van der Waals surface area contributed by atoms with E-state index in [9.17, 15) is 0 Å². The molecule has 0 aromatic heterocycles. The third kappa shape index (κ3) is 6.50. The number of benzene rings is 1. The number of hydrogen-bond donors (Lipinski definition) is 2. The molecule has 132 valence electrons. The van der Waals surface area contributed by atoms with Crippen LogP contribution in [0.1, 0.15) is 32.3 Å². The molecule has 0 amide bonds. The second-order valence-electron chi connectivity index (χ2n) is 6.58. The number of hydrogen-bond acceptors (Lipinski definition) is 2. The van der Waals surface area contributed by atoms with Crippen molar-refractivity contribution in [2.24, 2.45) is 0 Å². The van der Waals surface area contributed by atoms with Crippen LogP contribution < -0.4 is 10.6 Å². The highest BCUT2D eigenvalue weighted by atomic mass is 15.0. The first kappa shape index (κ1) is 18.9. The monoisotopic (exact) mass is 334 g/mol. The van der Waals surface area contributed by atoms with Crippen LogP contribution in [0.4, 0.5) is 0 Å². The van der Waals surface area contributed by atoms with Gasteiger partial charge >= 0.3 is 0 Å². The quantitative estimate of drug-likeness (QED) is 0.618. The summed E-state index contributed by atoms with van der Waals surface area (Å²) in [5.41, 5.74) is 7.26. The van der Waals surface area contributed by atoms with Gasteiger partial charge in [0.1, 0.15) is 0 Å². The largest absolute Gasteiger partial charge is 0.384 e. The first-order valence-electron chi connectivity index (χ1n) is 8.99. The van der Waals surface area contributed by atoms with Gasteiger partial charge < -0.3 is 10.6 Å². The summed E-state index contributed by atoms with van der Waals surface area (Å²) in [6.07, 6.45) is 9.78. The van der Waals surface area contributed by atoms with E-state index in [1.165, 1.54) is 22.3 Å². The van der Waals surface area contributed by atoms with Gasteiger partial charge in [0.2, 0.25) is 0 Å². The maximum atomic E-state index is 4.09. The van der Waals surface area contributed by atoms with E-state index in [0.717, 1.165) is 43.7 Å². The highest BCUT2D eigenvalue weighted by molar-refractivity contribution is 5.35. The molecule has 2 N–H and O–H groups in total. The lowest BCUT2D eigenvalue weighted by Gasteiger charge is -2.14. The van der Waals surface area contributed by atoms with E-state index in [1.54, 1.807) is 0 Å². The standard InChI is InChI=1S/C23H30N2/c1-18-10-12-23(13-11-19(18)2)15-17-25-21(4)20(3)24-16-14-22-8-6-5-7-9-22/h5-10,12-13,24-25H,3-4,11,14-17H2,1-2H3. The summed E-state index contributed by atoms with van der Waals surface area (Å²) in [7, 11) is 0. The predicted molar refractivity (Wildman–Crippen MR) is 109 cm³/mol. The molecule has 0 heterocycles. The van der Waals surface area contributed by atoms with Crippen molar-refractivity contribution in [1.29, 1.82) is 0 Å². The minimum absolute atomic E-state index is 0.863. The molecule has 2 heteroatoms. The number of nitrogens with one attached hydrogen (secondary N) is 2. The van der Waals surface area contributed by atoms with E-state index < -0.39 is 0 Å². The average molecular weight is 335 g/mol. The van der Waals surface area contributed by atoms with Crippen LogP contribution >= 0.6 is 0 Å². The highest BCUT2D eigenvalue weighted by Gasteiger charge is 2.03. The van der Waals surface area contributed by atoms with E-state index in [0.29, 0.717) is 0 Å². The minimum atomic E-state index is 0.863. The maximum Gasteiger partial charge on any atom is 0.0496 e. The fourth-order valence-corrected chi connectivity index (χ4v) is 2.65. The van der Waals surface area contributed by atoms with Gasteiger partial charge in [-0.2, -0.15) is 0 Å². The molecular formula is C23H30N2. The number of allylic oxidation sites excluding steroid dienone is 5. The van der Waals surface area contributed by atoms with Crippen LogP contribution in [0.3, 0.4) is 0 Å². The Morgan fingerprint density at radius 3 is 2.24 bits per heavy atom. The summed E-state index contributed by atoms with van der Waals surface area (Å²) in [4.78, 5) is 0. The zero-order chi connectivity index (χ0) is 18.1. The normalized spacial score (nSPS) is 13.9. The lowest BCUT2D eigenvalue weighted by Crippen LogP contribution is -2.24. The lowest BCUT2D eigenvalue weighted by molar-refractivity contribution is 0.740. The van der Waals surface area contributed by atoms with Gasteiger partial charge in [0.25, 0.3) is 0 Å². The molecule has 0 spiro atoms. The fourth-order valence-electron chi connectivity index (χ4n) is 2.65. The zero-order valence-corrected chi connectivity index (χ0v) is 15.6. The first-order chi connectivity index (χ1) is 12.1. The summed E-state index contributed by atoms with van der Waals surface area (Å²) < 4.78 is 0. The predicted octanol–water partition coefficient (Wildman–Crippen LogP) is 5.05. The SMILES string of the molecule is C=C(NCCC1=CCC(C)=C(C)C=C1)C(=C)NCCc1ccccc1. The Hall–Kier alpha value is -2.48. The molecule has 2 nitrogen and oxygen atoms in total. The van der Waals surface area contributed by atoms with Crippen LogP contribution in [0, 0.1) is 0 Å². The molecule has 0 atom stereocenters. The van der Waals surface area contributed by atoms with Crippen molar-refractivity contribution in [3.8, 4) is 0 Å². The van der Waals surface area contributed by atoms with Gasteiger partial charge in [-0.25, -0.2) is 0 Å². The Bertz CT molecular complexity index is 690. The topological polar surface area (TPSA) is 24.1 Å². The molecule has 1 aliphatic carbocycles. The van der Waals surface area contributed by atoms with E-state index in [-0.39, 0.29) is 0 Å². The van der Waals surface area contributed by atoms with E-state index in [4.69, 9.17) is 0 Å². The number of rotatable bonds is 9. The summed E-state index contributed by atoms with van der Waals surface area (Å²) in [6.45, 7) is 14.3. The van der Waals surface area contributed by atoms with Gasteiger partial charge in [-0.05, 0) is 44.2 Å². The first-order valence-corrected chi connectivity index (χ1v) is 8.99. The van der Waals surface area contributed by atoms with Gasteiger partial charge in [0.05, 0.1) is 0 Å². The third-order valence-electron chi connectivity index (χ3n) is 4.60. The molecule has 0 bridgehead atoms. The molecule has 0 unspecified atom stereocenters. The summed E-state index contributed by atoms with van der Waals surface area (Å²) in [5, 5.41) is 6.73. The van der Waals surface area contributed by atoms with Crippen molar-refractivity contribution >= 4 is 0 Å². The Kier molecular flexibility index (Phi) is 7.34. The lowest BCUT2D eigenvalue weighted by atomic mass is 10.1. The highest BCUT2D eigenvalue weighted by Crippen LogP contribution is 2.18. The second kappa shape index (κ2) is 9.73. The molecule has 0 radical (unpaired) electrons. The summed E-state index contributed by atoms with van der Waals surface area (Å²) >= 11 is 0. The smallest absolute Gasteiger partial charge is 0.0496 e. The van der Waals surface area contributed by atoms with Crippen LogP contribution in [0.5, 0.6) is 0 Å². The molecule has 25 heavy (non-hydrogen) atoms. The Balaban J connectivity index is 1.66. The molecule has 2 rings (SSSR count). The van der Waals surface area contributed by atoms with Crippen molar-refractivity contribution in [2.45, 2.75) is 33.1 Å². The second-order valence-corrected chi connectivity index (χ2v) is 6.58. The minimum Gasteiger partial charge on any atom is -0.384 e. The van der Waals surface area contributed by atoms with Crippen molar-refractivity contribution in [2.75, 3.05) is 13.1 Å². The molecular weight excluding hydrogens is 304 g/mol. The summed E-state index contributed by atoms with van der Waals surface area (Å²) in [6, 6.07) is 10.5. The molecule has 0 saturated carbocycles. The third-order valence-corrected chi connectivity index (χ3v) is 4.60. The molecule has 1 aliphatic rings. The maximum absolute atomic E-state index is 4.09. The molecule has 0 fully saturated rings. The van der Waals surface area contributed by atoms with Crippen LogP contribution in [0.15, 0.2) is 89.8 Å².